The average Bonchev–Trinajstić information content (AvgIpc) is 2.99. The zero-order chi connectivity index (χ0) is 29.4. The molecule has 9 heteroatoms. The third kappa shape index (κ3) is 7.26. The lowest BCUT2D eigenvalue weighted by atomic mass is 10.0. The highest BCUT2D eigenvalue weighted by molar-refractivity contribution is 7.93. The maximum atomic E-state index is 13.0. The molecule has 0 aromatic heterocycles. The van der Waals surface area contributed by atoms with Gasteiger partial charge in [0.05, 0.1) is 45.4 Å². The van der Waals surface area contributed by atoms with Crippen molar-refractivity contribution in [2.45, 2.75) is 5.75 Å². The molecule has 41 heavy (non-hydrogen) atoms. The third-order valence-electron chi connectivity index (χ3n) is 6.33. The van der Waals surface area contributed by atoms with Crippen LogP contribution in [-0.2, 0) is 15.6 Å². The molecule has 4 aromatic carbocycles. The topological polar surface area (TPSA) is 100 Å². The highest BCUT2D eigenvalue weighted by Gasteiger charge is 2.15. The zero-order valence-electron chi connectivity index (χ0n) is 23.2. The van der Waals surface area contributed by atoms with Gasteiger partial charge in [-0.2, -0.15) is 0 Å². The van der Waals surface area contributed by atoms with Crippen molar-refractivity contribution in [1.82, 2.24) is 0 Å². The number of carbonyl (C=O) groups excluding carboxylic acids is 1. The van der Waals surface area contributed by atoms with Gasteiger partial charge in [0.25, 0.3) is 0 Å². The van der Waals surface area contributed by atoms with Crippen molar-refractivity contribution >= 4 is 38.2 Å². The number of fused-ring (bicyclic) bond motifs is 1. The Bertz CT molecular complexity index is 1700. The van der Waals surface area contributed by atoms with Crippen molar-refractivity contribution in [1.29, 1.82) is 0 Å². The fourth-order valence-corrected chi connectivity index (χ4v) is 5.34. The molecule has 4 aromatic rings. The number of benzene rings is 4. The van der Waals surface area contributed by atoms with E-state index in [1.54, 1.807) is 36.4 Å². The third-order valence-corrected chi connectivity index (χ3v) is 7.62. The van der Waals surface area contributed by atoms with Gasteiger partial charge in [-0.1, -0.05) is 42.5 Å². The van der Waals surface area contributed by atoms with Crippen molar-refractivity contribution in [3.8, 4) is 23.0 Å². The van der Waals surface area contributed by atoms with Crippen LogP contribution >= 0.6 is 0 Å². The highest BCUT2D eigenvalue weighted by Crippen LogP contribution is 2.35. The van der Waals surface area contributed by atoms with Crippen LogP contribution in [0, 0.1) is 0 Å². The maximum Gasteiger partial charge on any atom is 0.187 e. The van der Waals surface area contributed by atoms with E-state index in [1.807, 2.05) is 36.4 Å². The fourth-order valence-electron chi connectivity index (χ4n) is 4.25. The molecule has 0 spiro atoms. The van der Waals surface area contributed by atoms with Gasteiger partial charge in [0.15, 0.2) is 15.6 Å². The number of methoxy groups -OCH3 is 4. The Balaban J connectivity index is 1.50. The Morgan fingerprint density at radius 2 is 1.46 bits per heavy atom. The van der Waals surface area contributed by atoms with Crippen molar-refractivity contribution in [3.05, 3.63) is 107 Å². The second-order valence-corrected chi connectivity index (χ2v) is 10.9. The molecule has 0 saturated carbocycles. The van der Waals surface area contributed by atoms with Crippen molar-refractivity contribution in [3.63, 3.8) is 0 Å². The van der Waals surface area contributed by atoms with Gasteiger partial charge in [0.1, 0.15) is 23.0 Å². The van der Waals surface area contributed by atoms with Crippen LogP contribution in [0.25, 0.3) is 16.8 Å². The molecule has 8 nitrogen and oxygen atoms in total. The molecule has 0 amide bonds. The molecule has 212 valence electrons. The molecule has 1 N–H and O–H groups in total. The zero-order valence-corrected chi connectivity index (χ0v) is 24.0. The summed E-state index contributed by atoms with van der Waals surface area (Å²) in [6, 6.07) is 21.7. The standard InChI is InChI=1S/C32H31NO7S/c1-37-26-19-31(39-3)27(32(20-26)40-4)14-16-41(35,36)21-22-9-12-30(38-2)28(17-22)33-15-13-29(34)25-11-10-23-7-5-6-8-24(23)18-25/h5-20,33H,21H2,1-4H3. The summed E-state index contributed by atoms with van der Waals surface area (Å²) >= 11 is 0. The van der Waals surface area contributed by atoms with Crippen LogP contribution in [0.1, 0.15) is 21.5 Å². The predicted octanol–water partition coefficient (Wildman–Crippen LogP) is 6.27. The van der Waals surface area contributed by atoms with Crippen molar-refractivity contribution in [2.24, 2.45) is 0 Å². The van der Waals surface area contributed by atoms with Gasteiger partial charge >= 0.3 is 0 Å². The highest BCUT2D eigenvalue weighted by atomic mass is 32.2. The first-order valence-corrected chi connectivity index (χ1v) is 14.3. The Labute approximate surface area is 239 Å². The van der Waals surface area contributed by atoms with Gasteiger partial charge in [0.2, 0.25) is 0 Å². The Morgan fingerprint density at radius 1 is 0.780 bits per heavy atom. The normalized spacial score (nSPS) is 11.6. The molecule has 0 aliphatic rings. The monoisotopic (exact) mass is 573 g/mol. The minimum absolute atomic E-state index is 0.171. The van der Waals surface area contributed by atoms with Crippen LogP contribution in [0.2, 0.25) is 0 Å². The molecule has 0 saturated heterocycles. The molecule has 0 radical (unpaired) electrons. The van der Waals surface area contributed by atoms with Gasteiger partial charge in [-0.25, -0.2) is 8.42 Å². The molecule has 0 unspecified atom stereocenters. The molecular formula is C32H31NO7S. The van der Waals surface area contributed by atoms with Crippen molar-refractivity contribution < 1.29 is 32.2 Å². The minimum atomic E-state index is -3.69. The minimum Gasteiger partial charge on any atom is -0.496 e. The maximum absolute atomic E-state index is 13.0. The van der Waals surface area contributed by atoms with Gasteiger partial charge in [-0.3, -0.25) is 4.79 Å². The summed E-state index contributed by atoms with van der Waals surface area (Å²) in [4.78, 5) is 12.7. The van der Waals surface area contributed by atoms with Crippen LogP contribution in [0.3, 0.4) is 0 Å². The molecular weight excluding hydrogens is 542 g/mol. The van der Waals surface area contributed by atoms with Crippen molar-refractivity contribution in [2.75, 3.05) is 33.8 Å². The van der Waals surface area contributed by atoms with E-state index < -0.39 is 9.84 Å². The molecule has 0 fully saturated rings. The average molecular weight is 574 g/mol. The smallest absolute Gasteiger partial charge is 0.187 e. The summed E-state index contributed by atoms with van der Waals surface area (Å²) in [5.74, 6) is 1.41. The van der Waals surface area contributed by atoms with E-state index >= 15 is 0 Å². The van der Waals surface area contributed by atoms with Crippen LogP contribution in [0.15, 0.2) is 90.5 Å². The number of allylic oxidation sites excluding steroid dienone is 1. The van der Waals surface area contributed by atoms with E-state index in [0.717, 1.165) is 16.2 Å². The first-order valence-electron chi connectivity index (χ1n) is 12.6. The second kappa shape index (κ2) is 13.1. The summed E-state index contributed by atoms with van der Waals surface area (Å²) in [6.45, 7) is 0. The number of carbonyl (C=O) groups is 1. The van der Waals surface area contributed by atoms with E-state index in [-0.39, 0.29) is 11.5 Å². The van der Waals surface area contributed by atoms with E-state index in [9.17, 15) is 13.2 Å². The van der Waals surface area contributed by atoms with Gasteiger partial charge < -0.3 is 24.3 Å². The number of rotatable bonds is 12. The summed E-state index contributed by atoms with van der Waals surface area (Å²) in [5, 5.41) is 6.20. The molecule has 0 aliphatic carbocycles. The van der Waals surface area contributed by atoms with Crippen LogP contribution < -0.4 is 24.3 Å². The van der Waals surface area contributed by atoms with Crippen LogP contribution in [-0.4, -0.2) is 42.6 Å². The number of ether oxygens (including phenoxy) is 4. The summed E-state index contributed by atoms with van der Waals surface area (Å²) in [6.07, 6.45) is 4.37. The number of nitrogens with one attached hydrogen (secondary N) is 1. The largest absolute Gasteiger partial charge is 0.496 e. The van der Waals surface area contributed by atoms with Gasteiger partial charge in [-0.15, -0.1) is 0 Å². The van der Waals surface area contributed by atoms with E-state index in [2.05, 4.69) is 5.32 Å². The summed E-state index contributed by atoms with van der Waals surface area (Å²) in [7, 11) is 2.31. The molecule has 0 atom stereocenters. The van der Waals surface area contributed by atoms with E-state index in [0.29, 0.717) is 45.4 Å². The summed E-state index contributed by atoms with van der Waals surface area (Å²) < 4.78 is 47.5. The molecule has 4 rings (SSSR count). The molecule has 0 heterocycles. The Hall–Kier alpha value is -4.76. The van der Waals surface area contributed by atoms with Gasteiger partial charge in [0, 0.05) is 35.4 Å². The lowest BCUT2D eigenvalue weighted by molar-refractivity contribution is 0.104. The second-order valence-electron chi connectivity index (χ2n) is 8.99. The Morgan fingerprint density at radius 3 is 2.12 bits per heavy atom. The first kappa shape index (κ1) is 29.2. The number of anilines is 1. The number of hydrogen-bond donors (Lipinski definition) is 1. The number of ketones is 1. The number of sulfone groups is 1. The molecule has 0 bridgehead atoms. The van der Waals surface area contributed by atoms with E-state index in [1.165, 1.54) is 46.8 Å². The van der Waals surface area contributed by atoms with E-state index in [4.69, 9.17) is 18.9 Å². The lowest BCUT2D eigenvalue weighted by Gasteiger charge is -2.12. The lowest BCUT2D eigenvalue weighted by Crippen LogP contribution is -2.02. The van der Waals surface area contributed by atoms with Crippen LogP contribution in [0.4, 0.5) is 5.69 Å². The fraction of sp³-hybridized carbons (Fsp3) is 0.156. The Kier molecular flexibility index (Phi) is 9.31. The first-order chi connectivity index (χ1) is 19.8. The quantitative estimate of drug-likeness (QED) is 0.156. The summed E-state index contributed by atoms with van der Waals surface area (Å²) in [5.41, 5.74) is 2.08. The SMILES string of the molecule is COc1cc(OC)c(C=CS(=O)(=O)Cc2ccc(OC)c(NC=CC(=O)c3ccc4ccccc4c3)c2)c(OC)c1. The van der Waals surface area contributed by atoms with Gasteiger partial charge in [-0.05, 0) is 40.6 Å². The number of hydrogen-bond acceptors (Lipinski definition) is 8. The van der Waals surface area contributed by atoms with Crippen LogP contribution in [0.5, 0.6) is 23.0 Å². The predicted molar refractivity (Wildman–Crippen MR) is 162 cm³/mol. The molecule has 0 aliphatic heterocycles.